The minimum atomic E-state index is -2.71. The molecule has 2 atom stereocenters. The Morgan fingerprint density at radius 1 is 1.02 bits per heavy atom. The highest BCUT2D eigenvalue weighted by atomic mass is 19.3. The number of halogens is 4. The normalized spacial score (nSPS) is 19.1. The van der Waals surface area contributed by atoms with Gasteiger partial charge in [-0.3, -0.25) is 4.79 Å². The van der Waals surface area contributed by atoms with Gasteiger partial charge in [0.25, 0.3) is 6.43 Å². The predicted molar refractivity (Wildman–Crippen MR) is 146 cm³/mol. The molecule has 2 aliphatic carbocycles. The molecule has 5 rings (SSSR count). The molecule has 0 bridgehead atoms. The summed E-state index contributed by atoms with van der Waals surface area (Å²) in [4.78, 5) is 11.4. The van der Waals surface area contributed by atoms with Gasteiger partial charge in [0.2, 0.25) is 0 Å². The van der Waals surface area contributed by atoms with Crippen LogP contribution in [0.15, 0.2) is 54.6 Å². The van der Waals surface area contributed by atoms with Crippen LogP contribution in [0.4, 0.5) is 17.6 Å². The van der Waals surface area contributed by atoms with Gasteiger partial charge < -0.3 is 9.84 Å². The summed E-state index contributed by atoms with van der Waals surface area (Å²) in [5, 5.41) is 9.34. The molecule has 2 saturated carbocycles. The number of hydrogen-bond donors (Lipinski definition) is 1. The maximum atomic E-state index is 15.5. The van der Waals surface area contributed by atoms with Crippen molar-refractivity contribution in [2.75, 3.05) is 0 Å². The van der Waals surface area contributed by atoms with Crippen molar-refractivity contribution in [3.8, 4) is 16.9 Å². The Morgan fingerprint density at radius 3 is 2.45 bits per heavy atom. The standard InChI is InChI=1S/C33H34F4O3/c1-33(2)14-4-6-27(33)25-15-19(8-12-22(25)26-16-21(32(36)37)11-13-28(26)34)18-40-29-7-3-5-23(31(29)35)24(17-30(38)39)20-9-10-20/h3,5,7-8,11-13,15-16,20,24,27,32H,4,6,9-10,14,17-18H2,1-2H3,(H,38,39)/t24-,27+/m1/s1. The first kappa shape index (κ1) is 28.2. The van der Waals surface area contributed by atoms with Crippen LogP contribution in [0.3, 0.4) is 0 Å². The van der Waals surface area contributed by atoms with Crippen LogP contribution >= 0.6 is 0 Å². The number of aliphatic carboxylic acids is 1. The highest BCUT2D eigenvalue weighted by Crippen LogP contribution is 2.51. The molecular formula is C33H34F4O3. The second kappa shape index (κ2) is 11.3. The molecule has 0 amide bonds. The van der Waals surface area contributed by atoms with Gasteiger partial charge in [-0.25, -0.2) is 17.6 Å². The average Bonchev–Trinajstić information content (AvgIpc) is 3.69. The summed E-state index contributed by atoms with van der Waals surface area (Å²) in [7, 11) is 0. The van der Waals surface area contributed by atoms with Crippen molar-refractivity contribution in [1.29, 1.82) is 0 Å². The number of hydrogen-bond acceptors (Lipinski definition) is 2. The molecule has 3 aromatic rings. The predicted octanol–water partition coefficient (Wildman–Crippen LogP) is 9.41. The lowest BCUT2D eigenvalue weighted by molar-refractivity contribution is -0.137. The summed E-state index contributed by atoms with van der Waals surface area (Å²) in [5.41, 5.74) is 2.42. The van der Waals surface area contributed by atoms with E-state index in [1.165, 1.54) is 12.1 Å². The molecule has 40 heavy (non-hydrogen) atoms. The van der Waals surface area contributed by atoms with Crippen LogP contribution in [0.5, 0.6) is 5.75 Å². The van der Waals surface area contributed by atoms with E-state index in [1.807, 2.05) is 6.07 Å². The lowest BCUT2D eigenvalue weighted by Crippen LogP contribution is -2.17. The molecule has 3 aromatic carbocycles. The molecule has 0 spiro atoms. The zero-order chi connectivity index (χ0) is 28.6. The van der Waals surface area contributed by atoms with Crippen LogP contribution in [-0.2, 0) is 11.4 Å². The average molecular weight is 555 g/mol. The van der Waals surface area contributed by atoms with E-state index in [9.17, 15) is 23.1 Å². The SMILES string of the molecule is CC1(C)CCC[C@H]1c1cc(COc2cccc([C@H](CC(=O)O)C3CC3)c2F)ccc1-c1cc(C(F)F)ccc1F. The Bertz CT molecular complexity index is 1400. The topological polar surface area (TPSA) is 46.5 Å². The highest BCUT2D eigenvalue weighted by molar-refractivity contribution is 5.70. The molecule has 0 radical (unpaired) electrons. The third kappa shape index (κ3) is 5.89. The second-order valence-corrected chi connectivity index (χ2v) is 11.9. The molecular weight excluding hydrogens is 520 g/mol. The number of carbonyl (C=O) groups is 1. The number of benzene rings is 3. The Balaban J connectivity index is 1.47. The summed E-state index contributed by atoms with van der Waals surface area (Å²) >= 11 is 0. The third-order valence-corrected chi connectivity index (χ3v) is 8.65. The smallest absolute Gasteiger partial charge is 0.303 e. The van der Waals surface area contributed by atoms with Gasteiger partial charge in [-0.2, -0.15) is 0 Å². The van der Waals surface area contributed by atoms with Crippen LogP contribution in [0, 0.1) is 23.0 Å². The monoisotopic (exact) mass is 554 g/mol. The van der Waals surface area contributed by atoms with Gasteiger partial charge in [0.1, 0.15) is 12.4 Å². The summed E-state index contributed by atoms with van der Waals surface area (Å²) in [6.45, 7) is 4.38. The van der Waals surface area contributed by atoms with Crippen LogP contribution < -0.4 is 4.74 Å². The minimum Gasteiger partial charge on any atom is -0.486 e. The van der Waals surface area contributed by atoms with Crippen molar-refractivity contribution in [2.45, 2.75) is 77.2 Å². The molecule has 7 heteroatoms. The van der Waals surface area contributed by atoms with E-state index in [0.717, 1.165) is 55.4 Å². The number of rotatable bonds is 10. The van der Waals surface area contributed by atoms with Gasteiger partial charge in [-0.05, 0) is 83.4 Å². The Morgan fingerprint density at radius 2 is 1.80 bits per heavy atom. The van der Waals surface area contributed by atoms with Gasteiger partial charge in [0, 0.05) is 17.0 Å². The largest absolute Gasteiger partial charge is 0.486 e. The fraction of sp³-hybridized carbons (Fsp3) is 0.424. The minimum absolute atomic E-state index is 0.0490. The number of carboxylic acids is 1. The van der Waals surface area contributed by atoms with Gasteiger partial charge in [0.05, 0.1) is 6.42 Å². The van der Waals surface area contributed by atoms with Crippen LogP contribution in [0.2, 0.25) is 0 Å². The zero-order valence-corrected chi connectivity index (χ0v) is 22.7. The van der Waals surface area contributed by atoms with Gasteiger partial charge >= 0.3 is 5.97 Å². The van der Waals surface area contributed by atoms with E-state index in [-0.39, 0.29) is 47.2 Å². The quantitative estimate of drug-likeness (QED) is 0.254. The van der Waals surface area contributed by atoms with E-state index in [4.69, 9.17) is 4.74 Å². The summed E-state index contributed by atoms with van der Waals surface area (Å²) in [6.07, 6.45) is 1.83. The van der Waals surface area contributed by atoms with E-state index in [1.54, 1.807) is 24.3 Å². The van der Waals surface area contributed by atoms with E-state index < -0.39 is 29.9 Å². The van der Waals surface area contributed by atoms with E-state index in [0.29, 0.717) is 11.1 Å². The fourth-order valence-corrected chi connectivity index (χ4v) is 6.33. The number of ether oxygens (including phenoxy) is 1. The van der Waals surface area contributed by atoms with Crippen LogP contribution in [0.1, 0.15) is 92.9 Å². The lowest BCUT2D eigenvalue weighted by atomic mass is 9.75. The summed E-state index contributed by atoms with van der Waals surface area (Å²) in [6, 6.07) is 13.7. The van der Waals surface area contributed by atoms with E-state index >= 15 is 4.39 Å². The second-order valence-electron chi connectivity index (χ2n) is 11.9. The molecule has 1 N–H and O–H groups in total. The van der Waals surface area contributed by atoms with Gasteiger partial charge in [-0.15, -0.1) is 0 Å². The summed E-state index contributed by atoms with van der Waals surface area (Å²) < 4.78 is 63.3. The number of carboxylic acid groups (broad SMARTS) is 1. The zero-order valence-electron chi connectivity index (χ0n) is 22.7. The van der Waals surface area contributed by atoms with Crippen molar-refractivity contribution in [3.05, 3.63) is 88.5 Å². The first-order valence-electron chi connectivity index (χ1n) is 13.9. The first-order valence-corrected chi connectivity index (χ1v) is 13.9. The Hall–Kier alpha value is -3.35. The molecule has 3 nitrogen and oxygen atoms in total. The number of alkyl halides is 2. The van der Waals surface area contributed by atoms with Crippen molar-refractivity contribution in [3.63, 3.8) is 0 Å². The Kier molecular flexibility index (Phi) is 7.94. The molecule has 0 heterocycles. The third-order valence-electron chi connectivity index (χ3n) is 8.65. The maximum Gasteiger partial charge on any atom is 0.303 e. The highest BCUT2D eigenvalue weighted by Gasteiger charge is 2.38. The molecule has 0 aliphatic heterocycles. The molecule has 2 fully saturated rings. The first-order chi connectivity index (χ1) is 19.0. The maximum absolute atomic E-state index is 15.5. The van der Waals surface area contributed by atoms with Crippen molar-refractivity contribution in [2.24, 2.45) is 11.3 Å². The van der Waals surface area contributed by atoms with E-state index in [2.05, 4.69) is 13.8 Å². The van der Waals surface area contributed by atoms with Crippen molar-refractivity contribution in [1.82, 2.24) is 0 Å². The molecule has 0 saturated heterocycles. The lowest BCUT2D eigenvalue weighted by Gasteiger charge is -2.30. The molecule has 2 aliphatic rings. The van der Waals surface area contributed by atoms with Gasteiger partial charge in [-0.1, -0.05) is 56.7 Å². The molecule has 0 unspecified atom stereocenters. The van der Waals surface area contributed by atoms with Crippen LogP contribution in [0.25, 0.3) is 11.1 Å². The summed E-state index contributed by atoms with van der Waals surface area (Å²) in [5.74, 6) is -2.15. The van der Waals surface area contributed by atoms with Crippen molar-refractivity contribution >= 4 is 5.97 Å². The van der Waals surface area contributed by atoms with Crippen molar-refractivity contribution < 1.29 is 32.2 Å². The van der Waals surface area contributed by atoms with Gasteiger partial charge in [0.15, 0.2) is 11.6 Å². The molecule has 212 valence electrons. The fourth-order valence-electron chi connectivity index (χ4n) is 6.33. The molecule has 0 aromatic heterocycles. The van der Waals surface area contributed by atoms with Crippen LogP contribution in [-0.4, -0.2) is 11.1 Å². The Labute approximate surface area is 232 Å².